The van der Waals surface area contributed by atoms with Crippen molar-refractivity contribution in [2.75, 3.05) is 0 Å². The van der Waals surface area contributed by atoms with Gasteiger partial charge in [-0.2, -0.15) is 5.26 Å². The number of amides is 3. The monoisotopic (exact) mass is 341 g/mol. The lowest BCUT2D eigenvalue weighted by atomic mass is 9.91. The van der Waals surface area contributed by atoms with Crippen molar-refractivity contribution in [2.45, 2.75) is 19.0 Å². The number of imide groups is 1. The molecule has 1 aliphatic heterocycles. The lowest BCUT2D eigenvalue weighted by molar-refractivity contribution is -0.131. The van der Waals surface area contributed by atoms with Gasteiger partial charge in [0.2, 0.25) is 0 Å². The third-order valence-corrected chi connectivity index (χ3v) is 4.21. The minimum absolute atomic E-state index is 0.118. The molecule has 3 rings (SSSR count). The van der Waals surface area contributed by atoms with Gasteiger partial charge in [0.15, 0.2) is 0 Å². The van der Waals surface area contributed by atoms with Crippen LogP contribution in [0.25, 0.3) is 0 Å². The number of rotatable bonds is 3. The van der Waals surface area contributed by atoms with Crippen molar-refractivity contribution in [3.8, 4) is 6.07 Å². The number of nitrogens with zero attached hydrogens (tertiary/aromatic N) is 2. The molecule has 3 amide bonds. The van der Waals surface area contributed by atoms with Crippen molar-refractivity contribution in [1.82, 2.24) is 10.2 Å². The van der Waals surface area contributed by atoms with E-state index in [0.717, 1.165) is 17.0 Å². The number of benzene rings is 2. The van der Waals surface area contributed by atoms with Gasteiger partial charge in [0.25, 0.3) is 5.91 Å². The van der Waals surface area contributed by atoms with Gasteiger partial charge in [-0.3, -0.25) is 9.69 Å². The van der Waals surface area contributed by atoms with Crippen LogP contribution in [0.4, 0.5) is 13.6 Å². The first-order valence-corrected chi connectivity index (χ1v) is 7.44. The van der Waals surface area contributed by atoms with Crippen LogP contribution >= 0.6 is 0 Å². The van der Waals surface area contributed by atoms with Crippen molar-refractivity contribution in [1.29, 1.82) is 5.26 Å². The second-order valence-corrected chi connectivity index (χ2v) is 5.84. The predicted molar refractivity (Wildman–Crippen MR) is 83.9 cm³/mol. The van der Waals surface area contributed by atoms with E-state index in [1.807, 2.05) is 6.07 Å². The topological polar surface area (TPSA) is 73.2 Å². The fourth-order valence-corrected chi connectivity index (χ4v) is 2.86. The molecule has 25 heavy (non-hydrogen) atoms. The molecule has 1 heterocycles. The van der Waals surface area contributed by atoms with E-state index in [1.165, 1.54) is 6.92 Å². The third kappa shape index (κ3) is 2.72. The van der Waals surface area contributed by atoms with Gasteiger partial charge in [-0.05, 0) is 24.6 Å². The van der Waals surface area contributed by atoms with E-state index in [2.05, 4.69) is 5.32 Å². The molecular formula is C18H13F2N3O2. The Morgan fingerprint density at radius 3 is 2.60 bits per heavy atom. The lowest BCUT2D eigenvalue weighted by Crippen LogP contribution is -2.41. The molecule has 1 unspecified atom stereocenters. The van der Waals surface area contributed by atoms with Crippen molar-refractivity contribution in [2.24, 2.45) is 0 Å². The first kappa shape index (κ1) is 16.6. The van der Waals surface area contributed by atoms with Crippen LogP contribution < -0.4 is 5.32 Å². The van der Waals surface area contributed by atoms with Crippen LogP contribution in [0.3, 0.4) is 0 Å². The summed E-state index contributed by atoms with van der Waals surface area (Å²) in [6.07, 6.45) is 0. The van der Waals surface area contributed by atoms with E-state index in [0.29, 0.717) is 17.2 Å². The summed E-state index contributed by atoms with van der Waals surface area (Å²) < 4.78 is 27.2. The molecule has 1 N–H and O–H groups in total. The highest BCUT2D eigenvalue weighted by atomic mass is 19.1. The van der Waals surface area contributed by atoms with Crippen LogP contribution in [0.1, 0.15) is 23.6 Å². The van der Waals surface area contributed by atoms with E-state index in [-0.39, 0.29) is 12.1 Å². The van der Waals surface area contributed by atoms with Crippen molar-refractivity contribution < 1.29 is 18.4 Å². The first-order valence-electron chi connectivity index (χ1n) is 7.44. The number of halogens is 2. The van der Waals surface area contributed by atoms with Crippen LogP contribution in [-0.2, 0) is 16.9 Å². The maximum atomic E-state index is 14.1. The normalized spacial score (nSPS) is 19.7. The van der Waals surface area contributed by atoms with Crippen LogP contribution in [0.5, 0.6) is 0 Å². The number of hydrogen-bond donors (Lipinski definition) is 1. The van der Waals surface area contributed by atoms with Gasteiger partial charge in [-0.25, -0.2) is 13.6 Å². The average Bonchev–Trinajstić information content (AvgIpc) is 2.79. The SMILES string of the molecule is CC1(c2ccc(F)cc2F)NC(=O)N(Cc2ccccc2C#N)C1=O. The molecule has 2 aromatic rings. The van der Waals surface area contributed by atoms with E-state index in [9.17, 15) is 18.4 Å². The third-order valence-electron chi connectivity index (χ3n) is 4.21. The Morgan fingerprint density at radius 1 is 1.20 bits per heavy atom. The smallest absolute Gasteiger partial charge is 0.319 e. The summed E-state index contributed by atoms with van der Waals surface area (Å²) in [6, 6.07) is 10.7. The summed E-state index contributed by atoms with van der Waals surface area (Å²) in [5.74, 6) is -2.37. The number of nitrogens with one attached hydrogen (secondary N) is 1. The molecule has 0 saturated carbocycles. The fourth-order valence-electron chi connectivity index (χ4n) is 2.86. The van der Waals surface area contributed by atoms with Gasteiger partial charge in [0.05, 0.1) is 18.2 Å². The molecule has 0 radical (unpaired) electrons. The zero-order valence-electron chi connectivity index (χ0n) is 13.2. The number of hydrogen-bond acceptors (Lipinski definition) is 3. The summed E-state index contributed by atoms with van der Waals surface area (Å²) in [4.78, 5) is 26.0. The number of carbonyl (C=O) groups excluding carboxylic acids is 2. The van der Waals surface area contributed by atoms with E-state index in [4.69, 9.17) is 5.26 Å². The fraction of sp³-hybridized carbons (Fsp3) is 0.167. The molecule has 0 aliphatic carbocycles. The van der Waals surface area contributed by atoms with Crippen molar-refractivity contribution >= 4 is 11.9 Å². The summed E-state index contributed by atoms with van der Waals surface area (Å²) in [7, 11) is 0. The maximum Gasteiger partial charge on any atom is 0.325 e. The molecule has 5 nitrogen and oxygen atoms in total. The molecule has 1 aliphatic rings. The van der Waals surface area contributed by atoms with Gasteiger partial charge in [-0.15, -0.1) is 0 Å². The molecule has 0 bridgehead atoms. The highest BCUT2D eigenvalue weighted by molar-refractivity contribution is 6.07. The molecule has 126 valence electrons. The largest absolute Gasteiger partial charge is 0.325 e. The molecular weight excluding hydrogens is 328 g/mol. The molecule has 1 saturated heterocycles. The zero-order chi connectivity index (χ0) is 18.2. The molecule has 7 heteroatoms. The second kappa shape index (κ2) is 5.98. The Labute approximate surface area is 142 Å². The zero-order valence-corrected chi connectivity index (χ0v) is 13.2. The Balaban J connectivity index is 1.96. The van der Waals surface area contributed by atoms with Crippen LogP contribution in [0, 0.1) is 23.0 Å². The Morgan fingerprint density at radius 2 is 1.92 bits per heavy atom. The summed E-state index contributed by atoms with van der Waals surface area (Å²) >= 11 is 0. The average molecular weight is 341 g/mol. The predicted octanol–water partition coefficient (Wildman–Crippen LogP) is 2.80. The second-order valence-electron chi connectivity index (χ2n) is 5.84. The summed E-state index contributed by atoms with van der Waals surface area (Å²) in [6.45, 7) is 1.24. The molecule has 2 aromatic carbocycles. The maximum absolute atomic E-state index is 14.1. The Bertz CT molecular complexity index is 923. The molecule has 1 atom stereocenters. The van der Waals surface area contributed by atoms with E-state index < -0.39 is 29.1 Å². The number of urea groups is 1. The molecule has 1 fully saturated rings. The summed E-state index contributed by atoms with van der Waals surface area (Å²) in [5.41, 5.74) is -0.929. The highest BCUT2D eigenvalue weighted by Crippen LogP contribution is 2.32. The van der Waals surface area contributed by atoms with Gasteiger partial charge in [-0.1, -0.05) is 24.3 Å². The Hall–Kier alpha value is -3.27. The minimum atomic E-state index is -1.64. The van der Waals surface area contributed by atoms with Crippen LogP contribution in [0.15, 0.2) is 42.5 Å². The van der Waals surface area contributed by atoms with Crippen molar-refractivity contribution in [3.05, 3.63) is 70.8 Å². The van der Waals surface area contributed by atoms with Crippen LogP contribution in [0.2, 0.25) is 0 Å². The molecule has 0 aromatic heterocycles. The van der Waals surface area contributed by atoms with Crippen molar-refractivity contribution in [3.63, 3.8) is 0 Å². The van der Waals surface area contributed by atoms with E-state index >= 15 is 0 Å². The number of carbonyl (C=O) groups is 2. The Kier molecular flexibility index (Phi) is 3.97. The van der Waals surface area contributed by atoms with Crippen LogP contribution in [-0.4, -0.2) is 16.8 Å². The van der Waals surface area contributed by atoms with E-state index in [1.54, 1.807) is 24.3 Å². The molecule has 0 spiro atoms. The first-order chi connectivity index (χ1) is 11.9. The lowest BCUT2D eigenvalue weighted by Gasteiger charge is -2.23. The minimum Gasteiger partial charge on any atom is -0.319 e. The van der Waals surface area contributed by atoms with Gasteiger partial charge in [0.1, 0.15) is 17.2 Å². The number of nitriles is 1. The van der Waals surface area contributed by atoms with Gasteiger partial charge < -0.3 is 5.32 Å². The highest BCUT2D eigenvalue weighted by Gasteiger charge is 2.50. The quantitative estimate of drug-likeness (QED) is 0.873. The summed E-state index contributed by atoms with van der Waals surface area (Å²) in [5, 5.41) is 11.6. The van der Waals surface area contributed by atoms with Gasteiger partial charge >= 0.3 is 6.03 Å². The standard InChI is InChI=1S/C18H13F2N3O2/c1-18(14-7-6-13(19)8-15(14)20)16(24)23(17(25)22-18)10-12-5-3-2-4-11(12)9-21/h2-8H,10H2,1H3,(H,22,25). The van der Waals surface area contributed by atoms with Gasteiger partial charge in [0, 0.05) is 11.6 Å².